The Hall–Kier alpha value is -3.06. The highest BCUT2D eigenvalue weighted by Crippen LogP contribution is 2.59. The maximum absolute atomic E-state index is 14.5. The SMILES string of the molecule is CC[C@@H](CO)N1C(=O)[C@H]2[C@@H]3C(=O)O[C@H](c4ccccc4)[C@@H](COC)NC(=O)CC/C=C\CN(C(C)C)C(=O)[C@H]1[C@@]21C=C(Br)[C@@H]3O1. The molecule has 0 unspecified atom stereocenters. The van der Waals surface area contributed by atoms with Gasteiger partial charge in [0.05, 0.1) is 31.2 Å². The molecule has 12 heteroatoms. The number of esters is 1. The molecule has 2 N–H and O–H groups in total. The largest absolute Gasteiger partial charge is 0.455 e. The van der Waals surface area contributed by atoms with E-state index in [1.54, 1.807) is 23.1 Å². The Kier molecular flexibility index (Phi) is 10.2. The van der Waals surface area contributed by atoms with Gasteiger partial charge in [0.1, 0.15) is 29.8 Å². The summed E-state index contributed by atoms with van der Waals surface area (Å²) >= 11 is 3.57. The lowest BCUT2D eigenvalue weighted by Gasteiger charge is -2.39. The van der Waals surface area contributed by atoms with Gasteiger partial charge in [-0.3, -0.25) is 19.2 Å². The van der Waals surface area contributed by atoms with Crippen molar-refractivity contribution >= 4 is 39.6 Å². The van der Waals surface area contributed by atoms with Crippen LogP contribution >= 0.6 is 15.9 Å². The van der Waals surface area contributed by atoms with E-state index < -0.39 is 59.6 Å². The first-order valence-corrected chi connectivity index (χ1v) is 16.4. The van der Waals surface area contributed by atoms with Gasteiger partial charge in [-0.15, -0.1) is 0 Å². The molecule has 8 atom stereocenters. The number of halogens is 1. The Morgan fingerprint density at radius 3 is 2.49 bits per heavy atom. The molecule has 5 rings (SSSR count). The normalized spacial score (nSPS) is 33.6. The number of methoxy groups -OCH3 is 1. The predicted octanol–water partition coefficient (Wildman–Crippen LogP) is 2.63. The van der Waals surface area contributed by atoms with E-state index in [1.807, 2.05) is 51.1 Å². The van der Waals surface area contributed by atoms with Gasteiger partial charge in [0, 0.05) is 30.6 Å². The topological polar surface area (TPSA) is 135 Å². The average Bonchev–Trinajstić information content (AvgIpc) is 3.61. The second-order valence-electron chi connectivity index (χ2n) is 12.3. The molecule has 0 aromatic heterocycles. The third-order valence-corrected chi connectivity index (χ3v) is 9.97. The number of benzene rings is 1. The van der Waals surface area contributed by atoms with Crippen molar-refractivity contribution in [2.45, 2.75) is 82.0 Å². The van der Waals surface area contributed by atoms with E-state index in [2.05, 4.69) is 21.2 Å². The van der Waals surface area contributed by atoms with E-state index in [4.69, 9.17) is 14.2 Å². The van der Waals surface area contributed by atoms with Crippen molar-refractivity contribution < 1.29 is 38.5 Å². The maximum atomic E-state index is 14.5. The minimum atomic E-state index is -1.45. The first-order valence-electron chi connectivity index (χ1n) is 15.6. The van der Waals surface area contributed by atoms with Crippen molar-refractivity contribution in [3.8, 4) is 0 Å². The molecule has 2 saturated heterocycles. The molecule has 244 valence electrons. The van der Waals surface area contributed by atoms with E-state index in [0.717, 1.165) is 0 Å². The number of likely N-dealkylation sites (tertiary alicyclic amines) is 1. The van der Waals surface area contributed by atoms with Crippen LogP contribution in [0.2, 0.25) is 0 Å². The van der Waals surface area contributed by atoms with Crippen molar-refractivity contribution in [3.05, 3.63) is 58.6 Å². The van der Waals surface area contributed by atoms with Gasteiger partial charge >= 0.3 is 5.97 Å². The number of nitrogens with one attached hydrogen (secondary N) is 1. The molecule has 4 aliphatic heterocycles. The summed E-state index contributed by atoms with van der Waals surface area (Å²) < 4.78 is 18.8. The molecule has 45 heavy (non-hydrogen) atoms. The van der Waals surface area contributed by atoms with Crippen LogP contribution in [0, 0.1) is 11.8 Å². The first kappa shape index (κ1) is 33.3. The average molecular weight is 689 g/mol. The van der Waals surface area contributed by atoms with E-state index in [0.29, 0.717) is 22.9 Å². The third kappa shape index (κ3) is 5.97. The molecule has 4 aliphatic rings. The van der Waals surface area contributed by atoms with E-state index in [9.17, 15) is 24.3 Å². The third-order valence-electron chi connectivity index (χ3n) is 9.29. The Bertz CT molecular complexity index is 1350. The van der Waals surface area contributed by atoms with Crippen molar-refractivity contribution in [2.75, 3.05) is 26.9 Å². The fourth-order valence-electron chi connectivity index (χ4n) is 7.14. The van der Waals surface area contributed by atoms with Gasteiger partial charge in [0.2, 0.25) is 17.7 Å². The highest BCUT2D eigenvalue weighted by atomic mass is 79.9. The second-order valence-corrected chi connectivity index (χ2v) is 13.2. The van der Waals surface area contributed by atoms with Crippen molar-refractivity contribution in [3.63, 3.8) is 0 Å². The molecular formula is C33H42BrN3O8. The number of rotatable bonds is 7. The molecule has 0 radical (unpaired) electrons. The van der Waals surface area contributed by atoms with Gasteiger partial charge in [-0.05, 0) is 38.3 Å². The standard InChI is InChI=1S/C33H42BrN3O8/c1-5-21(17-38)37-29-31(41)36(19(2)3)15-11-7-10-14-24(39)35-23(18-43-4)27(20-12-8-6-9-13-20)44-32(42)25-26(30(37)40)33(29)16-22(34)28(25)45-33/h6-9,11-13,16,19,21,23,25-29,38H,5,10,14-15,17-18H2,1-4H3,(H,35,39)/b11-7-/t21-,23+,25-,26+,27+,28-,29-,33+/m0/s1. The lowest BCUT2D eigenvalue weighted by Crippen LogP contribution is -2.59. The molecule has 2 fully saturated rings. The number of hydrogen-bond donors (Lipinski definition) is 2. The molecule has 0 aliphatic carbocycles. The lowest BCUT2D eigenvalue weighted by atomic mass is 9.74. The van der Waals surface area contributed by atoms with Crippen LogP contribution in [0.3, 0.4) is 0 Å². The predicted molar refractivity (Wildman–Crippen MR) is 168 cm³/mol. The fraction of sp³-hybridized carbons (Fsp3) is 0.576. The van der Waals surface area contributed by atoms with Crippen molar-refractivity contribution in [2.24, 2.45) is 11.8 Å². The highest BCUT2D eigenvalue weighted by Gasteiger charge is 2.75. The van der Waals surface area contributed by atoms with Crippen LogP contribution in [-0.4, -0.2) is 101 Å². The summed E-state index contributed by atoms with van der Waals surface area (Å²) in [6.07, 6.45) is 4.66. The molecule has 1 aromatic rings. The molecule has 4 heterocycles. The van der Waals surface area contributed by atoms with Crippen LogP contribution < -0.4 is 5.32 Å². The molecule has 5 bridgehead atoms. The Morgan fingerprint density at radius 1 is 1.11 bits per heavy atom. The van der Waals surface area contributed by atoms with Crippen LogP contribution in [0.15, 0.2) is 53.0 Å². The molecule has 11 nitrogen and oxygen atoms in total. The number of carbonyl (C=O) groups excluding carboxylic acids is 4. The summed E-state index contributed by atoms with van der Waals surface area (Å²) in [7, 11) is 1.51. The molecule has 3 amide bonds. The smallest absolute Gasteiger partial charge is 0.313 e. The summed E-state index contributed by atoms with van der Waals surface area (Å²) in [5.41, 5.74) is -0.803. The number of cyclic esters (lactones) is 1. The number of fused-ring (bicyclic) bond motifs is 2. The van der Waals surface area contributed by atoms with Crippen molar-refractivity contribution in [1.29, 1.82) is 0 Å². The minimum absolute atomic E-state index is 0.0668. The lowest BCUT2D eigenvalue weighted by molar-refractivity contribution is -0.163. The van der Waals surface area contributed by atoms with Gasteiger partial charge in [-0.25, -0.2) is 0 Å². The second kappa shape index (κ2) is 13.7. The highest BCUT2D eigenvalue weighted by molar-refractivity contribution is 9.11. The first-order chi connectivity index (χ1) is 21.6. The number of carbonyl (C=O) groups is 4. The van der Waals surface area contributed by atoms with Crippen LogP contribution in [0.25, 0.3) is 0 Å². The Morgan fingerprint density at radius 2 is 1.84 bits per heavy atom. The van der Waals surface area contributed by atoms with E-state index in [-0.39, 0.29) is 44.0 Å². The summed E-state index contributed by atoms with van der Waals surface area (Å²) in [4.78, 5) is 59.5. The summed E-state index contributed by atoms with van der Waals surface area (Å²) in [5.74, 6) is -3.85. The maximum Gasteiger partial charge on any atom is 0.313 e. The van der Waals surface area contributed by atoms with Gasteiger partial charge in [0.15, 0.2) is 0 Å². The van der Waals surface area contributed by atoms with Crippen LogP contribution in [0.1, 0.15) is 51.7 Å². The Balaban J connectivity index is 1.65. The zero-order chi connectivity index (χ0) is 32.5. The number of ether oxygens (including phenoxy) is 3. The molecule has 1 spiro atoms. The fourth-order valence-corrected chi connectivity index (χ4v) is 7.87. The summed E-state index contributed by atoms with van der Waals surface area (Å²) in [6.45, 7) is 5.58. The molecular weight excluding hydrogens is 646 g/mol. The monoisotopic (exact) mass is 687 g/mol. The van der Waals surface area contributed by atoms with Gasteiger partial charge < -0.3 is 34.4 Å². The number of nitrogens with zero attached hydrogens (tertiary/aromatic N) is 2. The van der Waals surface area contributed by atoms with E-state index in [1.165, 1.54) is 12.0 Å². The summed E-state index contributed by atoms with van der Waals surface area (Å²) in [6, 6.07) is 6.34. The summed E-state index contributed by atoms with van der Waals surface area (Å²) in [5, 5.41) is 13.3. The van der Waals surface area contributed by atoms with Gasteiger partial charge in [-0.2, -0.15) is 0 Å². The van der Waals surface area contributed by atoms with Crippen LogP contribution in [-0.2, 0) is 33.4 Å². The number of hydrogen-bond acceptors (Lipinski definition) is 8. The van der Waals surface area contributed by atoms with Crippen LogP contribution in [0.5, 0.6) is 0 Å². The quantitative estimate of drug-likeness (QED) is 0.330. The Labute approximate surface area is 272 Å². The van der Waals surface area contributed by atoms with Gasteiger partial charge in [0.25, 0.3) is 0 Å². The number of allylic oxidation sites excluding steroid dienone is 1. The number of aliphatic hydroxyl groups excluding tert-OH is 1. The van der Waals surface area contributed by atoms with Crippen molar-refractivity contribution in [1.82, 2.24) is 15.1 Å². The van der Waals surface area contributed by atoms with Gasteiger partial charge in [-0.1, -0.05) is 65.3 Å². The van der Waals surface area contributed by atoms with Crippen LogP contribution in [0.4, 0.5) is 0 Å². The molecule has 0 saturated carbocycles. The zero-order valence-corrected chi connectivity index (χ0v) is 27.6. The zero-order valence-electron chi connectivity index (χ0n) is 26.1. The minimum Gasteiger partial charge on any atom is -0.455 e. The number of aliphatic hydroxyl groups is 1. The van der Waals surface area contributed by atoms with E-state index >= 15 is 0 Å². The number of amides is 3. The molecule has 1 aromatic carbocycles.